The van der Waals surface area contributed by atoms with Gasteiger partial charge in [-0.05, 0) is 0 Å². The van der Waals surface area contributed by atoms with Crippen molar-refractivity contribution in [2.45, 2.75) is 39.3 Å². The Morgan fingerprint density at radius 2 is 1.86 bits per heavy atom. The molecule has 2 aromatic rings. The van der Waals surface area contributed by atoms with Crippen LogP contribution in [0, 0.1) is 0 Å². The van der Waals surface area contributed by atoms with E-state index < -0.39 is 16.6 Å². The SMILES string of the molecule is C[Si](C)(C)Nc1nc(O[Si](C)(C)C)ncc1-c1ccc[se]1. The molecule has 0 aliphatic carbocycles. The molecule has 0 atom stereocenters. The third-order valence-electron chi connectivity index (χ3n) is 2.44. The van der Waals surface area contributed by atoms with Crippen LogP contribution in [0.3, 0.4) is 0 Å². The van der Waals surface area contributed by atoms with Gasteiger partial charge in [0.25, 0.3) is 0 Å². The first kappa shape index (κ1) is 16.5. The molecule has 2 rings (SSSR count). The van der Waals surface area contributed by atoms with Crippen LogP contribution >= 0.6 is 0 Å². The number of hydrogen-bond acceptors (Lipinski definition) is 4. The zero-order valence-corrected chi connectivity index (χ0v) is 17.2. The van der Waals surface area contributed by atoms with Crippen LogP contribution < -0.4 is 9.41 Å². The average Bonchev–Trinajstić information content (AvgIpc) is 2.78. The van der Waals surface area contributed by atoms with Gasteiger partial charge in [0.2, 0.25) is 0 Å². The van der Waals surface area contributed by atoms with E-state index in [1.54, 1.807) is 0 Å². The normalized spacial score (nSPS) is 12.3. The van der Waals surface area contributed by atoms with Crippen molar-refractivity contribution in [3.8, 4) is 16.0 Å². The molecule has 0 radical (unpaired) electrons. The van der Waals surface area contributed by atoms with Gasteiger partial charge >= 0.3 is 135 Å². The predicted molar refractivity (Wildman–Crippen MR) is 95.4 cm³/mol. The van der Waals surface area contributed by atoms with Gasteiger partial charge in [-0.15, -0.1) is 0 Å². The Morgan fingerprint density at radius 3 is 2.38 bits per heavy atom. The van der Waals surface area contributed by atoms with Crippen LogP contribution in [0.1, 0.15) is 0 Å². The standard InChI is InChI=1S/C14H23N3OSeSi2/c1-20(2,3)17-13-11(12-8-7-9-19-12)10-15-14(16-13)18-21(4,5)6/h7-10H,1-6H3,(H,15,16,17). The molecule has 0 fully saturated rings. The van der Waals surface area contributed by atoms with Crippen molar-refractivity contribution >= 4 is 36.9 Å². The maximum atomic E-state index is 5.94. The first-order valence-corrected chi connectivity index (χ1v) is 15.8. The minimum absolute atomic E-state index is 0.375. The molecule has 0 bridgehead atoms. The monoisotopic (exact) mass is 385 g/mol. The molecule has 7 heteroatoms. The summed E-state index contributed by atoms with van der Waals surface area (Å²) in [7, 11) is -3.18. The van der Waals surface area contributed by atoms with Crippen LogP contribution in [0.4, 0.5) is 5.82 Å². The summed E-state index contributed by atoms with van der Waals surface area (Å²) in [5, 5.41) is 0. The Kier molecular flexibility index (Phi) is 4.77. The maximum absolute atomic E-state index is 5.94. The molecule has 0 amide bonds. The van der Waals surface area contributed by atoms with Gasteiger partial charge in [0.15, 0.2) is 0 Å². The molecule has 0 unspecified atom stereocenters. The van der Waals surface area contributed by atoms with Crippen molar-refractivity contribution in [2.24, 2.45) is 0 Å². The number of nitrogens with zero attached hydrogens (tertiary/aromatic N) is 2. The summed E-state index contributed by atoms with van der Waals surface area (Å²) in [6.07, 6.45) is 1.91. The topological polar surface area (TPSA) is 47.0 Å². The average molecular weight is 384 g/mol. The van der Waals surface area contributed by atoms with Gasteiger partial charge in [-0.2, -0.15) is 0 Å². The molecule has 2 aromatic heterocycles. The van der Waals surface area contributed by atoms with Gasteiger partial charge in [-0.25, -0.2) is 0 Å². The van der Waals surface area contributed by atoms with Crippen LogP contribution in [-0.4, -0.2) is 41.0 Å². The minimum atomic E-state index is -1.69. The van der Waals surface area contributed by atoms with E-state index in [0.717, 1.165) is 11.4 Å². The summed E-state index contributed by atoms with van der Waals surface area (Å²) < 4.78 is 7.26. The van der Waals surface area contributed by atoms with E-state index in [2.05, 4.69) is 71.3 Å². The molecule has 21 heavy (non-hydrogen) atoms. The van der Waals surface area contributed by atoms with E-state index in [9.17, 15) is 0 Å². The van der Waals surface area contributed by atoms with E-state index in [4.69, 9.17) is 4.43 Å². The van der Waals surface area contributed by atoms with E-state index in [1.165, 1.54) is 4.44 Å². The van der Waals surface area contributed by atoms with Crippen molar-refractivity contribution in [3.63, 3.8) is 0 Å². The summed E-state index contributed by atoms with van der Waals surface area (Å²) >= 11 is 0.375. The fourth-order valence-corrected chi connectivity index (χ4v) is 4.85. The van der Waals surface area contributed by atoms with Crippen LogP contribution in [0.25, 0.3) is 10.0 Å². The molecular weight excluding hydrogens is 361 g/mol. The first-order valence-electron chi connectivity index (χ1n) is 7.02. The summed E-state index contributed by atoms with van der Waals surface area (Å²) in [5.41, 5.74) is 1.12. The van der Waals surface area contributed by atoms with Crippen LogP contribution in [0.15, 0.2) is 23.3 Å². The molecular formula is C14H23N3OSeSi2. The summed E-state index contributed by atoms with van der Waals surface area (Å²) in [4.78, 5) is 14.9. The summed E-state index contributed by atoms with van der Waals surface area (Å²) in [6.45, 7) is 13.2. The zero-order valence-electron chi connectivity index (χ0n) is 13.5. The van der Waals surface area contributed by atoms with E-state index in [1.807, 2.05) is 6.20 Å². The summed E-state index contributed by atoms with van der Waals surface area (Å²) in [6, 6.07) is 4.77. The molecule has 114 valence electrons. The predicted octanol–water partition coefficient (Wildman–Crippen LogP) is 3.66. The number of aromatic nitrogens is 2. The van der Waals surface area contributed by atoms with Crippen molar-refractivity contribution in [3.05, 3.63) is 23.3 Å². The molecule has 0 spiro atoms. The second-order valence-corrected chi connectivity index (χ2v) is 18.1. The van der Waals surface area contributed by atoms with E-state index in [-0.39, 0.29) is 0 Å². The van der Waals surface area contributed by atoms with E-state index in [0.29, 0.717) is 20.5 Å². The molecule has 1 N–H and O–H groups in total. The first-order chi connectivity index (χ1) is 9.64. The Hall–Kier alpha value is -0.887. The molecule has 0 saturated carbocycles. The van der Waals surface area contributed by atoms with Crippen molar-refractivity contribution in [2.75, 3.05) is 4.98 Å². The molecule has 0 saturated heterocycles. The van der Waals surface area contributed by atoms with Gasteiger partial charge in [-0.3, -0.25) is 0 Å². The van der Waals surface area contributed by atoms with Crippen LogP contribution in [0.5, 0.6) is 6.01 Å². The Balaban J connectivity index is 2.41. The molecule has 0 aliphatic rings. The number of nitrogens with one attached hydrogen (secondary N) is 1. The van der Waals surface area contributed by atoms with Gasteiger partial charge in [0.05, 0.1) is 0 Å². The van der Waals surface area contributed by atoms with Crippen molar-refractivity contribution in [1.29, 1.82) is 0 Å². The second-order valence-electron chi connectivity index (χ2n) is 6.98. The quantitative estimate of drug-likeness (QED) is 0.800. The molecule has 0 aliphatic heterocycles. The molecule has 0 aromatic carbocycles. The fraction of sp³-hybridized carbons (Fsp3) is 0.429. The second kappa shape index (κ2) is 6.08. The zero-order chi connectivity index (χ0) is 15.7. The van der Waals surface area contributed by atoms with Gasteiger partial charge in [0, 0.05) is 0 Å². The van der Waals surface area contributed by atoms with E-state index >= 15 is 0 Å². The van der Waals surface area contributed by atoms with Gasteiger partial charge in [0.1, 0.15) is 0 Å². The van der Waals surface area contributed by atoms with Crippen molar-refractivity contribution in [1.82, 2.24) is 9.97 Å². The van der Waals surface area contributed by atoms with Crippen LogP contribution in [0.2, 0.25) is 39.3 Å². The number of hydrogen-bond donors (Lipinski definition) is 1. The Labute approximate surface area is 135 Å². The third-order valence-corrected chi connectivity index (χ3v) is 6.12. The third kappa shape index (κ3) is 5.11. The Morgan fingerprint density at radius 1 is 1.14 bits per heavy atom. The van der Waals surface area contributed by atoms with Crippen LogP contribution in [-0.2, 0) is 0 Å². The Bertz CT molecular complexity index is 604. The molecule has 4 nitrogen and oxygen atoms in total. The number of rotatable bonds is 5. The van der Waals surface area contributed by atoms with Crippen molar-refractivity contribution < 1.29 is 4.43 Å². The summed E-state index contributed by atoms with van der Waals surface area (Å²) in [5.74, 6) is 0.925. The number of anilines is 1. The fourth-order valence-electron chi connectivity index (χ4n) is 1.75. The van der Waals surface area contributed by atoms with Gasteiger partial charge < -0.3 is 0 Å². The molecule has 2 heterocycles. The van der Waals surface area contributed by atoms with Gasteiger partial charge in [-0.1, -0.05) is 0 Å².